The van der Waals surface area contributed by atoms with Crippen LogP contribution in [0.1, 0.15) is 24.2 Å². The van der Waals surface area contributed by atoms with E-state index in [9.17, 15) is 0 Å². The van der Waals surface area contributed by atoms with Crippen LogP contribution >= 0.6 is 0 Å². The molecule has 19 heavy (non-hydrogen) atoms. The second kappa shape index (κ2) is 6.38. The Labute approximate surface area is 114 Å². The molecule has 102 valence electrons. The molecule has 0 spiro atoms. The third kappa shape index (κ3) is 3.35. The summed E-state index contributed by atoms with van der Waals surface area (Å²) in [7, 11) is 3.72. The number of aromatic nitrogens is 2. The molecule has 4 heteroatoms. The van der Waals surface area contributed by atoms with Crippen LogP contribution in [-0.4, -0.2) is 23.2 Å². The Bertz CT molecular complexity index is 522. The quantitative estimate of drug-likeness (QED) is 0.865. The summed E-state index contributed by atoms with van der Waals surface area (Å²) in [4.78, 5) is 4.20. The van der Waals surface area contributed by atoms with E-state index in [4.69, 9.17) is 4.74 Å². The van der Waals surface area contributed by atoms with E-state index in [1.807, 2.05) is 31.7 Å². The van der Waals surface area contributed by atoms with Crippen LogP contribution < -0.4 is 10.1 Å². The van der Waals surface area contributed by atoms with E-state index < -0.39 is 0 Å². The van der Waals surface area contributed by atoms with Gasteiger partial charge in [0.25, 0.3) is 0 Å². The minimum atomic E-state index is 0.268. The number of imidazole rings is 1. The molecule has 0 radical (unpaired) electrons. The van der Waals surface area contributed by atoms with Crippen molar-refractivity contribution in [3.05, 3.63) is 48.0 Å². The van der Waals surface area contributed by atoms with E-state index in [0.717, 1.165) is 18.7 Å². The molecule has 0 saturated carbocycles. The number of methoxy groups -OCH3 is 1. The lowest BCUT2D eigenvalue weighted by molar-refractivity contribution is 0.413. The first-order chi connectivity index (χ1) is 9.24. The molecular weight excluding hydrogens is 238 g/mol. The molecule has 1 aromatic carbocycles. The van der Waals surface area contributed by atoms with E-state index in [2.05, 4.69) is 33.9 Å². The van der Waals surface area contributed by atoms with Crippen LogP contribution in [0.15, 0.2) is 36.8 Å². The van der Waals surface area contributed by atoms with Crippen molar-refractivity contribution in [1.29, 1.82) is 0 Å². The van der Waals surface area contributed by atoms with Gasteiger partial charge in [0.1, 0.15) is 5.75 Å². The molecule has 0 fully saturated rings. The standard InChI is InChI=1S/C15H21N3O/c1-4-17-14(15-10-16-11-18(15)2)9-12-6-5-7-13(8-12)19-3/h5-8,10-11,14,17H,4,9H2,1-3H3. The third-order valence-corrected chi connectivity index (χ3v) is 3.24. The Morgan fingerprint density at radius 3 is 2.89 bits per heavy atom. The van der Waals surface area contributed by atoms with Gasteiger partial charge < -0.3 is 14.6 Å². The maximum absolute atomic E-state index is 5.27. The number of nitrogens with one attached hydrogen (secondary N) is 1. The van der Waals surface area contributed by atoms with Crippen molar-refractivity contribution < 1.29 is 4.74 Å². The Balaban J connectivity index is 2.18. The monoisotopic (exact) mass is 259 g/mol. The first-order valence-corrected chi connectivity index (χ1v) is 6.57. The van der Waals surface area contributed by atoms with Crippen molar-refractivity contribution >= 4 is 0 Å². The average Bonchev–Trinajstić information content (AvgIpc) is 2.85. The van der Waals surface area contributed by atoms with Gasteiger partial charge in [-0.25, -0.2) is 4.98 Å². The first-order valence-electron chi connectivity index (χ1n) is 6.57. The van der Waals surface area contributed by atoms with Gasteiger partial charge in [0, 0.05) is 13.2 Å². The predicted octanol–water partition coefficient (Wildman–Crippen LogP) is 2.32. The van der Waals surface area contributed by atoms with Crippen LogP contribution in [-0.2, 0) is 13.5 Å². The molecule has 1 N–H and O–H groups in total. The maximum Gasteiger partial charge on any atom is 0.119 e. The zero-order chi connectivity index (χ0) is 13.7. The molecular formula is C15H21N3O. The van der Waals surface area contributed by atoms with Gasteiger partial charge in [-0.2, -0.15) is 0 Å². The molecule has 0 amide bonds. The Morgan fingerprint density at radius 1 is 1.42 bits per heavy atom. The van der Waals surface area contributed by atoms with Crippen molar-refractivity contribution in [2.75, 3.05) is 13.7 Å². The highest BCUT2D eigenvalue weighted by atomic mass is 16.5. The van der Waals surface area contributed by atoms with Gasteiger partial charge in [0.05, 0.1) is 25.2 Å². The van der Waals surface area contributed by atoms with Crippen LogP contribution in [0.4, 0.5) is 0 Å². The van der Waals surface area contributed by atoms with Gasteiger partial charge in [-0.1, -0.05) is 19.1 Å². The molecule has 0 bridgehead atoms. The molecule has 4 nitrogen and oxygen atoms in total. The highest BCUT2D eigenvalue weighted by molar-refractivity contribution is 5.29. The number of likely N-dealkylation sites (N-methyl/N-ethyl adjacent to an activating group) is 1. The lowest BCUT2D eigenvalue weighted by Gasteiger charge is -2.18. The summed E-state index contributed by atoms with van der Waals surface area (Å²) >= 11 is 0. The van der Waals surface area contributed by atoms with E-state index in [0.29, 0.717) is 0 Å². The minimum absolute atomic E-state index is 0.268. The number of aryl methyl sites for hydroxylation is 1. The summed E-state index contributed by atoms with van der Waals surface area (Å²) < 4.78 is 7.34. The van der Waals surface area contributed by atoms with Crippen LogP contribution in [0, 0.1) is 0 Å². The number of hydrogen-bond donors (Lipinski definition) is 1. The highest BCUT2D eigenvalue weighted by Crippen LogP contribution is 2.20. The second-order valence-corrected chi connectivity index (χ2v) is 4.60. The Morgan fingerprint density at radius 2 is 2.26 bits per heavy atom. The summed E-state index contributed by atoms with van der Waals surface area (Å²) in [6.45, 7) is 3.05. The molecule has 1 aromatic heterocycles. The fourth-order valence-electron chi connectivity index (χ4n) is 2.27. The zero-order valence-electron chi connectivity index (χ0n) is 11.8. The molecule has 0 aliphatic heterocycles. The molecule has 0 aliphatic rings. The van der Waals surface area contributed by atoms with Crippen LogP contribution in [0.25, 0.3) is 0 Å². The highest BCUT2D eigenvalue weighted by Gasteiger charge is 2.14. The van der Waals surface area contributed by atoms with Crippen LogP contribution in [0.3, 0.4) is 0 Å². The van der Waals surface area contributed by atoms with E-state index in [-0.39, 0.29) is 6.04 Å². The lowest BCUT2D eigenvalue weighted by atomic mass is 10.0. The summed E-state index contributed by atoms with van der Waals surface area (Å²) in [5.74, 6) is 0.901. The van der Waals surface area contributed by atoms with Crippen molar-refractivity contribution in [3.8, 4) is 5.75 Å². The normalized spacial score (nSPS) is 12.4. The van der Waals surface area contributed by atoms with Gasteiger partial charge in [-0.3, -0.25) is 0 Å². The number of rotatable bonds is 6. The second-order valence-electron chi connectivity index (χ2n) is 4.60. The Kier molecular flexibility index (Phi) is 4.58. The summed E-state index contributed by atoms with van der Waals surface area (Å²) in [5, 5.41) is 3.51. The number of nitrogens with zero attached hydrogens (tertiary/aromatic N) is 2. The third-order valence-electron chi connectivity index (χ3n) is 3.24. The summed E-state index contributed by atoms with van der Waals surface area (Å²) in [6.07, 6.45) is 4.68. The molecule has 0 saturated heterocycles. The van der Waals surface area contributed by atoms with Gasteiger partial charge in [0.2, 0.25) is 0 Å². The minimum Gasteiger partial charge on any atom is -0.497 e. The van der Waals surface area contributed by atoms with Crippen molar-refractivity contribution in [2.45, 2.75) is 19.4 Å². The lowest BCUT2D eigenvalue weighted by Crippen LogP contribution is -2.24. The fraction of sp³-hybridized carbons (Fsp3) is 0.400. The topological polar surface area (TPSA) is 39.1 Å². The summed E-state index contributed by atoms with van der Waals surface area (Å²) in [5.41, 5.74) is 2.45. The Hall–Kier alpha value is -1.81. The molecule has 1 unspecified atom stereocenters. The zero-order valence-corrected chi connectivity index (χ0v) is 11.8. The van der Waals surface area contributed by atoms with Crippen molar-refractivity contribution in [3.63, 3.8) is 0 Å². The number of ether oxygens (including phenoxy) is 1. The molecule has 0 aliphatic carbocycles. The van der Waals surface area contributed by atoms with Crippen molar-refractivity contribution in [2.24, 2.45) is 7.05 Å². The maximum atomic E-state index is 5.27. The van der Waals surface area contributed by atoms with Gasteiger partial charge in [-0.05, 0) is 30.7 Å². The van der Waals surface area contributed by atoms with E-state index >= 15 is 0 Å². The van der Waals surface area contributed by atoms with Gasteiger partial charge in [0.15, 0.2) is 0 Å². The molecule has 2 aromatic rings. The SMILES string of the molecule is CCNC(Cc1cccc(OC)c1)c1cncn1C. The largest absolute Gasteiger partial charge is 0.497 e. The van der Waals surface area contributed by atoms with Gasteiger partial charge >= 0.3 is 0 Å². The molecule has 1 atom stereocenters. The predicted molar refractivity (Wildman–Crippen MR) is 76.3 cm³/mol. The van der Waals surface area contributed by atoms with E-state index in [1.165, 1.54) is 11.3 Å². The van der Waals surface area contributed by atoms with Crippen molar-refractivity contribution in [1.82, 2.24) is 14.9 Å². The summed E-state index contributed by atoms with van der Waals surface area (Å²) in [6, 6.07) is 8.48. The fourth-order valence-corrected chi connectivity index (χ4v) is 2.27. The average molecular weight is 259 g/mol. The number of hydrogen-bond acceptors (Lipinski definition) is 3. The van der Waals surface area contributed by atoms with E-state index in [1.54, 1.807) is 7.11 Å². The molecule has 1 heterocycles. The first kappa shape index (κ1) is 13.6. The number of benzene rings is 1. The van der Waals surface area contributed by atoms with Gasteiger partial charge in [-0.15, -0.1) is 0 Å². The van der Waals surface area contributed by atoms with Crippen LogP contribution in [0.2, 0.25) is 0 Å². The molecule has 2 rings (SSSR count). The smallest absolute Gasteiger partial charge is 0.119 e. The van der Waals surface area contributed by atoms with Crippen LogP contribution in [0.5, 0.6) is 5.75 Å².